The Balaban J connectivity index is 1.63. The van der Waals surface area contributed by atoms with Crippen molar-refractivity contribution in [3.8, 4) is 11.5 Å². The number of hydrogen-bond donors (Lipinski definition) is 1. The number of rotatable bonds is 6. The van der Waals surface area contributed by atoms with Gasteiger partial charge in [0.05, 0.1) is 22.6 Å². The number of carbonyl (C=O) groups is 1. The Morgan fingerprint density at radius 2 is 1.79 bits per heavy atom. The third-order valence-electron chi connectivity index (χ3n) is 3.87. The second-order valence-corrected chi connectivity index (χ2v) is 7.25. The molecule has 0 saturated heterocycles. The second-order valence-electron chi connectivity index (χ2n) is 5.93. The highest BCUT2D eigenvalue weighted by Crippen LogP contribution is 2.36. The van der Waals surface area contributed by atoms with Crippen LogP contribution in [0, 0.1) is 0 Å². The fourth-order valence-electron chi connectivity index (χ4n) is 2.42. The van der Waals surface area contributed by atoms with Crippen LogP contribution in [0.3, 0.4) is 0 Å². The van der Waals surface area contributed by atoms with Crippen molar-refractivity contribution in [2.75, 3.05) is 12.4 Å². The maximum absolute atomic E-state index is 12.9. The van der Waals surface area contributed by atoms with Gasteiger partial charge in [-0.25, -0.2) is 0 Å². The summed E-state index contributed by atoms with van der Waals surface area (Å²) in [5.74, 6) is 0.840. The summed E-state index contributed by atoms with van der Waals surface area (Å²) in [6, 6.07) is 11.9. The van der Waals surface area contributed by atoms with Gasteiger partial charge in [0, 0.05) is 11.3 Å². The maximum Gasteiger partial charge on any atom is 0.417 e. The number of anilines is 1. The van der Waals surface area contributed by atoms with Gasteiger partial charge in [0.25, 0.3) is 5.91 Å². The van der Waals surface area contributed by atoms with Crippen molar-refractivity contribution in [2.24, 2.45) is 0 Å². The highest BCUT2D eigenvalue weighted by molar-refractivity contribution is 7.12. The lowest BCUT2D eigenvalue weighted by atomic mass is 10.2. The van der Waals surface area contributed by atoms with Gasteiger partial charge in [-0.15, -0.1) is 11.3 Å². The standard InChI is InChI=1S/C20H15ClF3NO3S/c1-27-14-3-5-15(6-4-14)28-10-12-8-18(29-11-12)19(26)25-13-2-7-17(21)16(9-13)20(22,23)24/h2-9,11H,10H2,1H3,(H,25,26). The fraction of sp³-hybridized carbons (Fsp3) is 0.150. The Morgan fingerprint density at radius 3 is 2.45 bits per heavy atom. The van der Waals surface area contributed by atoms with E-state index >= 15 is 0 Å². The maximum atomic E-state index is 12.9. The molecule has 0 saturated carbocycles. The molecule has 3 rings (SSSR count). The monoisotopic (exact) mass is 441 g/mol. The van der Waals surface area contributed by atoms with Gasteiger partial charge in [-0.05, 0) is 53.9 Å². The molecule has 0 unspecified atom stereocenters. The van der Waals surface area contributed by atoms with Crippen molar-refractivity contribution in [1.82, 2.24) is 0 Å². The zero-order valence-corrected chi connectivity index (χ0v) is 16.6. The average Bonchev–Trinajstić information content (AvgIpc) is 3.16. The quantitative estimate of drug-likeness (QED) is 0.491. The molecule has 29 heavy (non-hydrogen) atoms. The molecule has 1 N–H and O–H groups in total. The molecule has 0 bridgehead atoms. The van der Waals surface area contributed by atoms with Crippen LogP contribution < -0.4 is 14.8 Å². The van der Waals surface area contributed by atoms with Crippen molar-refractivity contribution in [1.29, 1.82) is 0 Å². The Labute approximate surface area is 173 Å². The van der Waals surface area contributed by atoms with Crippen molar-refractivity contribution in [2.45, 2.75) is 12.8 Å². The Kier molecular flexibility index (Phi) is 6.34. The summed E-state index contributed by atoms with van der Waals surface area (Å²) in [7, 11) is 1.57. The predicted octanol–water partition coefficient (Wildman–Crippen LogP) is 6.26. The topological polar surface area (TPSA) is 47.6 Å². The zero-order valence-electron chi connectivity index (χ0n) is 15.0. The van der Waals surface area contributed by atoms with E-state index in [-0.39, 0.29) is 12.3 Å². The summed E-state index contributed by atoms with van der Waals surface area (Å²) < 4.78 is 49.6. The highest BCUT2D eigenvalue weighted by Gasteiger charge is 2.33. The van der Waals surface area contributed by atoms with Crippen LogP contribution >= 0.6 is 22.9 Å². The lowest BCUT2D eigenvalue weighted by Crippen LogP contribution is -2.12. The molecule has 0 aliphatic carbocycles. The summed E-state index contributed by atoms with van der Waals surface area (Å²) >= 11 is 6.76. The van der Waals surface area contributed by atoms with Gasteiger partial charge in [-0.1, -0.05) is 11.6 Å². The number of ether oxygens (including phenoxy) is 2. The molecule has 9 heteroatoms. The largest absolute Gasteiger partial charge is 0.497 e. The van der Waals surface area contributed by atoms with Gasteiger partial charge in [-0.3, -0.25) is 4.79 Å². The van der Waals surface area contributed by atoms with Gasteiger partial charge >= 0.3 is 6.18 Å². The first-order valence-electron chi connectivity index (χ1n) is 8.28. The number of amides is 1. The van der Waals surface area contributed by atoms with Gasteiger partial charge in [0.1, 0.15) is 18.1 Å². The van der Waals surface area contributed by atoms with Gasteiger partial charge in [0.15, 0.2) is 0 Å². The minimum Gasteiger partial charge on any atom is -0.497 e. The number of nitrogens with one attached hydrogen (secondary N) is 1. The molecule has 0 aliphatic heterocycles. The Hall–Kier alpha value is -2.71. The SMILES string of the molecule is COc1ccc(OCc2csc(C(=O)Nc3ccc(Cl)c(C(F)(F)F)c3)c2)cc1. The van der Waals surface area contributed by atoms with Crippen LogP contribution in [-0.4, -0.2) is 13.0 Å². The number of carbonyl (C=O) groups excluding carboxylic acids is 1. The number of thiophene rings is 1. The van der Waals surface area contributed by atoms with Crippen LogP contribution in [0.4, 0.5) is 18.9 Å². The van der Waals surface area contributed by atoms with E-state index in [1.54, 1.807) is 42.8 Å². The summed E-state index contributed by atoms with van der Waals surface area (Å²) in [5.41, 5.74) is -0.226. The van der Waals surface area contributed by atoms with Crippen molar-refractivity contribution < 1.29 is 27.4 Å². The van der Waals surface area contributed by atoms with E-state index in [9.17, 15) is 18.0 Å². The number of methoxy groups -OCH3 is 1. The lowest BCUT2D eigenvalue weighted by Gasteiger charge is -2.11. The minimum absolute atomic E-state index is 0.0103. The summed E-state index contributed by atoms with van der Waals surface area (Å²) in [6.45, 7) is 0.245. The summed E-state index contributed by atoms with van der Waals surface area (Å²) in [6.07, 6.45) is -4.60. The van der Waals surface area contributed by atoms with Crippen LogP contribution in [0.2, 0.25) is 5.02 Å². The van der Waals surface area contributed by atoms with Crippen LogP contribution in [0.25, 0.3) is 0 Å². The molecule has 152 valence electrons. The number of alkyl halides is 3. The van der Waals surface area contributed by atoms with E-state index in [1.807, 2.05) is 0 Å². The molecular weight excluding hydrogens is 427 g/mol. The van der Waals surface area contributed by atoms with Gasteiger partial charge in [-0.2, -0.15) is 13.2 Å². The van der Waals surface area contributed by atoms with E-state index in [0.717, 1.165) is 17.7 Å². The predicted molar refractivity (Wildman–Crippen MR) is 106 cm³/mol. The van der Waals surface area contributed by atoms with Crippen molar-refractivity contribution in [3.63, 3.8) is 0 Å². The van der Waals surface area contributed by atoms with Crippen LogP contribution in [-0.2, 0) is 12.8 Å². The molecule has 1 heterocycles. The van der Waals surface area contributed by atoms with E-state index in [2.05, 4.69) is 5.32 Å². The first-order valence-corrected chi connectivity index (χ1v) is 9.54. The first kappa shape index (κ1) is 21.0. The molecule has 0 fully saturated rings. The Morgan fingerprint density at radius 1 is 1.10 bits per heavy atom. The third-order valence-corrected chi connectivity index (χ3v) is 5.18. The molecular formula is C20H15ClF3NO3S. The molecule has 1 aromatic heterocycles. The molecule has 0 spiro atoms. The average molecular weight is 442 g/mol. The van der Waals surface area contributed by atoms with Crippen LogP contribution in [0.1, 0.15) is 20.8 Å². The molecule has 0 radical (unpaired) electrons. The molecule has 1 amide bonds. The molecule has 4 nitrogen and oxygen atoms in total. The van der Waals surface area contributed by atoms with Crippen molar-refractivity contribution in [3.05, 3.63) is 74.9 Å². The first-order chi connectivity index (χ1) is 13.8. The molecule has 2 aromatic carbocycles. The minimum atomic E-state index is -4.60. The van der Waals surface area contributed by atoms with E-state index in [0.29, 0.717) is 16.4 Å². The van der Waals surface area contributed by atoms with E-state index < -0.39 is 22.7 Å². The summed E-state index contributed by atoms with van der Waals surface area (Å²) in [4.78, 5) is 12.7. The summed E-state index contributed by atoms with van der Waals surface area (Å²) in [5, 5.41) is 3.78. The van der Waals surface area contributed by atoms with Gasteiger partial charge < -0.3 is 14.8 Å². The Bertz CT molecular complexity index is 1000. The molecule has 0 atom stereocenters. The lowest BCUT2D eigenvalue weighted by molar-refractivity contribution is -0.137. The fourth-order valence-corrected chi connectivity index (χ4v) is 3.44. The van der Waals surface area contributed by atoms with Crippen LogP contribution in [0.5, 0.6) is 11.5 Å². The zero-order chi connectivity index (χ0) is 21.0. The number of halogens is 4. The van der Waals surface area contributed by atoms with Crippen molar-refractivity contribution >= 4 is 34.5 Å². The normalized spacial score (nSPS) is 11.2. The molecule has 3 aromatic rings. The van der Waals surface area contributed by atoms with Crippen LogP contribution in [0.15, 0.2) is 53.9 Å². The van der Waals surface area contributed by atoms with E-state index in [1.165, 1.54) is 17.4 Å². The molecule has 0 aliphatic rings. The smallest absolute Gasteiger partial charge is 0.417 e. The third kappa shape index (κ3) is 5.42. The number of benzene rings is 2. The highest BCUT2D eigenvalue weighted by atomic mass is 35.5. The number of hydrogen-bond acceptors (Lipinski definition) is 4. The van der Waals surface area contributed by atoms with E-state index in [4.69, 9.17) is 21.1 Å². The second kappa shape index (κ2) is 8.75. The van der Waals surface area contributed by atoms with Gasteiger partial charge in [0.2, 0.25) is 0 Å².